The van der Waals surface area contributed by atoms with E-state index in [-0.39, 0.29) is 22.6 Å². The van der Waals surface area contributed by atoms with Gasteiger partial charge in [0.05, 0.1) is 23.2 Å². The monoisotopic (exact) mass is 275 g/mol. The summed E-state index contributed by atoms with van der Waals surface area (Å²) < 4.78 is 18.3. The zero-order valence-corrected chi connectivity index (χ0v) is 9.80. The Labute approximate surface area is 95.5 Å². The van der Waals surface area contributed by atoms with Gasteiger partial charge in [-0.15, -0.1) is 0 Å². The maximum Gasteiger partial charge on any atom is 0.310 e. The van der Waals surface area contributed by atoms with Gasteiger partial charge >= 0.3 is 5.97 Å². The average Bonchev–Trinajstić information content (AvgIpc) is 2.20. The fourth-order valence-electron chi connectivity index (χ4n) is 1.11. The fourth-order valence-corrected chi connectivity index (χ4v) is 1.61. The summed E-state index contributed by atoms with van der Waals surface area (Å²) in [6, 6.07) is 3.02. The van der Waals surface area contributed by atoms with Crippen LogP contribution in [0.2, 0.25) is 0 Å². The lowest BCUT2D eigenvalue weighted by Crippen LogP contribution is -2.08. The first kappa shape index (κ1) is 12.0. The van der Waals surface area contributed by atoms with E-state index in [9.17, 15) is 9.18 Å². The number of carbonyl (C=O) groups excluding carboxylic acids is 1. The molecule has 0 bridgehead atoms. The van der Waals surface area contributed by atoms with Crippen LogP contribution in [0.5, 0.6) is 0 Å². The van der Waals surface area contributed by atoms with Crippen molar-refractivity contribution in [2.75, 3.05) is 12.3 Å². The van der Waals surface area contributed by atoms with Gasteiger partial charge in [-0.3, -0.25) is 4.79 Å². The molecule has 0 aliphatic carbocycles. The Hall–Kier alpha value is -1.10. The lowest BCUT2D eigenvalue weighted by Gasteiger charge is -2.06. The summed E-state index contributed by atoms with van der Waals surface area (Å²) in [6.45, 7) is 2.03. The van der Waals surface area contributed by atoms with Crippen LogP contribution < -0.4 is 5.73 Å². The number of esters is 1. The first-order valence-electron chi connectivity index (χ1n) is 4.44. The highest BCUT2D eigenvalue weighted by molar-refractivity contribution is 9.10. The molecule has 0 aromatic heterocycles. The molecule has 1 rings (SSSR count). The van der Waals surface area contributed by atoms with Gasteiger partial charge in [-0.05, 0) is 34.5 Å². The molecule has 15 heavy (non-hydrogen) atoms. The van der Waals surface area contributed by atoms with Gasteiger partial charge in [-0.25, -0.2) is 4.39 Å². The van der Waals surface area contributed by atoms with Gasteiger partial charge in [-0.2, -0.15) is 0 Å². The van der Waals surface area contributed by atoms with Gasteiger partial charge in [0.25, 0.3) is 0 Å². The summed E-state index contributed by atoms with van der Waals surface area (Å²) in [6.07, 6.45) is 0.0334. The fraction of sp³-hybridized carbons (Fsp3) is 0.300. The van der Waals surface area contributed by atoms with E-state index < -0.39 is 5.82 Å². The minimum atomic E-state index is -0.545. The molecule has 2 N–H and O–H groups in total. The quantitative estimate of drug-likeness (QED) is 0.680. The van der Waals surface area contributed by atoms with E-state index in [1.54, 1.807) is 13.0 Å². The molecule has 0 unspecified atom stereocenters. The second kappa shape index (κ2) is 5.11. The molecule has 0 fully saturated rings. The molecule has 1 aromatic rings. The Kier molecular flexibility index (Phi) is 4.08. The summed E-state index contributed by atoms with van der Waals surface area (Å²) in [5.41, 5.74) is 5.94. The molecule has 1 aromatic carbocycles. The molecule has 0 amide bonds. The summed E-state index contributed by atoms with van der Waals surface area (Å²) in [5, 5.41) is 0. The summed E-state index contributed by atoms with van der Waals surface area (Å²) in [4.78, 5) is 11.2. The molecule has 0 spiro atoms. The van der Waals surface area contributed by atoms with Crippen LogP contribution in [0.1, 0.15) is 12.5 Å². The van der Waals surface area contributed by atoms with Crippen LogP contribution in [0.4, 0.5) is 10.1 Å². The zero-order chi connectivity index (χ0) is 11.4. The number of rotatable bonds is 3. The predicted octanol–water partition coefficient (Wildman–Crippen LogP) is 2.28. The van der Waals surface area contributed by atoms with Crippen molar-refractivity contribution in [1.29, 1.82) is 0 Å². The first-order valence-corrected chi connectivity index (χ1v) is 5.23. The van der Waals surface area contributed by atoms with Crippen molar-refractivity contribution in [3.63, 3.8) is 0 Å². The van der Waals surface area contributed by atoms with Crippen LogP contribution in [0.15, 0.2) is 16.6 Å². The smallest absolute Gasteiger partial charge is 0.310 e. The Balaban J connectivity index is 2.87. The van der Waals surface area contributed by atoms with E-state index in [1.807, 2.05) is 0 Å². The molecular weight excluding hydrogens is 265 g/mol. The van der Waals surface area contributed by atoms with E-state index in [2.05, 4.69) is 15.9 Å². The van der Waals surface area contributed by atoms with Crippen molar-refractivity contribution in [2.24, 2.45) is 0 Å². The third-order valence-electron chi connectivity index (χ3n) is 1.83. The Morgan fingerprint density at radius 1 is 1.60 bits per heavy atom. The van der Waals surface area contributed by atoms with Crippen LogP contribution in [-0.2, 0) is 16.0 Å². The number of ether oxygens (including phenoxy) is 1. The minimum absolute atomic E-state index is 0.0334. The third-order valence-corrected chi connectivity index (χ3v) is 2.69. The Morgan fingerprint density at radius 3 is 2.87 bits per heavy atom. The minimum Gasteiger partial charge on any atom is -0.466 e. The summed E-state index contributed by atoms with van der Waals surface area (Å²) >= 11 is 3.05. The van der Waals surface area contributed by atoms with Crippen LogP contribution in [0.25, 0.3) is 0 Å². The summed E-state index contributed by atoms with van der Waals surface area (Å²) in [7, 11) is 0. The Bertz CT molecular complexity index is 382. The number of hydrogen-bond acceptors (Lipinski definition) is 3. The predicted molar refractivity (Wildman–Crippen MR) is 58.8 cm³/mol. The molecule has 0 saturated carbocycles. The van der Waals surface area contributed by atoms with Gasteiger partial charge in [0.1, 0.15) is 0 Å². The normalized spacial score (nSPS) is 10.1. The topological polar surface area (TPSA) is 52.3 Å². The lowest BCUT2D eigenvalue weighted by molar-refractivity contribution is -0.142. The van der Waals surface area contributed by atoms with Crippen molar-refractivity contribution in [3.05, 3.63) is 28.0 Å². The first-order chi connectivity index (χ1) is 7.06. The van der Waals surface area contributed by atoms with Crippen LogP contribution >= 0.6 is 15.9 Å². The highest BCUT2D eigenvalue weighted by Gasteiger charge is 2.12. The van der Waals surface area contributed by atoms with Gasteiger partial charge in [0.15, 0.2) is 5.82 Å². The molecular formula is C10H11BrFNO2. The molecule has 0 radical (unpaired) electrons. The van der Waals surface area contributed by atoms with Gasteiger partial charge in [0, 0.05) is 0 Å². The summed E-state index contributed by atoms with van der Waals surface area (Å²) in [5.74, 6) is -0.931. The van der Waals surface area contributed by atoms with Crippen molar-refractivity contribution < 1.29 is 13.9 Å². The molecule has 82 valence electrons. The Morgan fingerprint density at radius 2 is 2.27 bits per heavy atom. The molecule has 5 heteroatoms. The number of benzene rings is 1. The van der Waals surface area contributed by atoms with Gasteiger partial charge in [0.2, 0.25) is 0 Å². The number of halogens is 2. The van der Waals surface area contributed by atoms with Crippen molar-refractivity contribution in [1.82, 2.24) is 0 Å². The van der Waals surface area contributed by atoms with E-state index in [4.69, 9.17) is 10.5 Å². The maximum absolute atomic E-state index is 13.3. The standard InChI is InChI=1S/C10H11BrFNO2/c1-2-15-8(14)5-6-3-4-7(13)10(12)9(6)11/h3-4H,2,5,13H2,1H3. The zero-order valence-electron chi connectivity index (χ0n) is 8.22. The van der Waals surface area contributed by atoms with Gasteiger partial charge in [-0.1, -0.05) is 6.07 Å². The second-order valence-corrected chi connectivity index (χ2v) is 3.72. The van der Waals surface area contributed by atoms with Crippen LogP contribution in [-0.4, -0.2) is 12.6 Å². The number of hydrogen-bond donors (Lipinski definition) is 1. The third kappa shape index (κ3) is 2.92. The highest BCUT2D eigenvalue weighted by atomic mass is 79.9. The molecule has 0 aliphatic rings. The van der Waals surface area contributed by atoms with Crippen molar-refractivity contribution in [2.45, 2.75) is 13.3 Å². The van der Waals surface area contributed by atoms with E-state index in [1.165, 1.54) is 6.07 Å². The molecule has 0 aliphatic heterocycles. The van der Waals surface area contributed by atoms with Crippen molar-refractivity contribution >= 4 is 27.6 Å². The van der Waals surface area contributed by atoms with Crippen LogP contribution in [0, 0.1) is 5.82 Å². The van der Waals surface area contributed by atoms with Crippen molar-refractivity contribution in [3.8, 4) is 0 Å². The van der Waals surface area contributed by atoms with E-state index in [0.717, 1.165) is 0 Å². The SMILES string of the molecule is CCOC(=O)Cc1ccc(N)c(F)c1Br. The molecule has 0 atom stereocenters. The van der Waals surface area contributed by atoms with Crippen LogP contribution in [0.3, 0.4) is 0 Å². The molecule has 3 nitrogen and oxygen atoms in total. The van der Waals surface area contributed by atoms with Gasteiger partial charge < -0.3 is 10.5 Å². The number of carbonyl (C=O) groups is 1. The molecule has 0 saturated heterocycles. The lowest BCUT2D eigenvalue weighted by atomic mass is 10.1. The maximum atomic E-state index is 13.3. The molecule has 0 heterocycles. The average molecular weight is 276 g/mol. The second-order valence-electron chi connectivity index (χ2n) is 2.92. The highest BCUT2D eigenvalue weighted by Crippen LogP contribution is 2.25. The number of anilines is 1. The number of nitrogens with two attached hydrogens (primary N) is 1. The van der Waals surface area contributed by atoms with E-state index in [0.29, 0.717) is 12.2 Å². The number of nitrogen functional groups attached to an aromatic ring is 1. The van der Waals surface area contributed by atoms with E-state index >= 15 is 0 Å². The largest absolute Gasteiger partial charge is 0.466 e.